The molecule has 2 saturated heterocycles. The minimum Gasteiger partial charge on any atom is -0.458 e. The van der Waals surface area contributed by atoms with Crippen molar-refractivity contribution in [3.05, 3.63) is 58.9 Å². The second-order valence-corrected chi connectivity index (χ2v) is 11.4. The topological polar surface area (TPSA) is 128 Å². The molecule has 2 aliphatic rings. The van der Waals surface area contributed by atoms with Gasteiger partial charge in [0.1, 0.15) is 23.8 Å². The third-order valence-corrected chi connectivity index (χ3v) is 8.63. The van der Waals surface area contributed by atoms with Crippen molar-refractivity contribution >= 4 is 60.7 Å². The first-order valence-corrected chi connectivity index (χ1v) is 13.9. The van der Waals surface area contributed by atoms with Gasteiger partial charge in [-0.25, -0.2) is 13.8 Å². The van der Waals surface area contributed by atoms with E-state index >= 15 is 4.39 Å². The molecule has 0 radical (unpaired) electrons. The number of pyridine rings is 1. The number of ether oxygens (including phenoxy) is 1. The molecule has 5 aromatic rings. The molecule has 2 atom stereocenters. The minimum absolute atomic E-state index is 0.00837. The number of aromatic nitrogens is 4. The summed E-state index contributed by atoms with van der Waals surface area (Å²) in [5.74, 6) is -0.643. The molecule has 204 valence electrons. The van der Waals surface area contributed by atoms with Gasteiger partial charge in [0.05, 0.1) is 15.2 Å². The fourth-order valence-electron chi connectivity index (χ4n) is 5.58. The summed E-state index contributed by atoms with van der Waals surface area (Å²) in [5, 5.41) is 4.35. The van der Waals surface area contributed by atoms with Crippen LogP contribution in [0, 0.1) is 11.6 Å². The quantitative estimate of drug-likeness (QED) is 0.265. The third kappa shape index (κ3) is 4.23. The first-order chi connectivity index (χ1) is 19.4. The van der Waals surface area contributed by atoms with Crippen molar-refractivity contribution in [1.29, 1.82) is 0 Å². The highest BCUT2D eigenvalue weighted by Crippen LogP contribution is 2.43. The zero-order valence-electron chi connectivity index (χ0n) is 21.0. The maximum Gasteiger partial charge on any atom is 0.319 e. The van der Waals surface area contributed by atoms with Gasteiger partial charge in [-0.15, -0.1) is 0 Å². The van der Waals surface area contributed by atoms with Gasteiger partial charge in [0.15, 0.2) is 10.9 Å². The van der Waals surface area contributed by atoms with E-state index in [1.165, 1.54) is 12.1 Å². The number of nitrogens with zero attached hydrogens (tertiary/aromatic N) is 5. The Morgan fingerprint density at radius 2 is 1.88 bits per heavy atom. The van der Waals surface area contributed by atoms with Crippen LogP contribution in [0.4, 0.5) is 25.4 Å². The molecule has 13 heteroatoms. The molecule has 0 saturated carbocycles. The molecule has 0 spiro atoms. The molecule has 40 heavy (non-hydrogen) atoms. The van der Waals surface area contributed by atoms with Crippen molar-refractivity contribution in [1.82, 2.24) is 25.3 Å². The minimum atomic E-state index is -0.686. The van der Waals surface area contributed by atoms with E-state index in [4.69, 9.17) is 32.8 Å². The normalized spacial score (nSPS) is 18.6. The molecule has 0 aliphatic carbocycles. The summed E-state index contributed by atoms with van der Waals surface area (Å²) in [6, 6.07) is 6.64. The van der Waals surface area contributed by atoms with Crippen LogP contribution in [0.25, 0.3) is 32.2 Å². The molecule has 9 nitrogen and oxygen atoms in total. The van der Waals surface area contributed by atoms with E-state index in [1.54, 1.807) is 24.5 Å². The Bertz CT molecular complexity index is 1790. The fraction of sp³-hybridized carbons (Fsp3) is 0.259. The van der Waals surface area contributed by atoms with Crippen LogP contribution in [0.2, 0.25) is 5.02 Å². The molecule has 5 N–H and O–H groups in total. The average molecular weight is 581 g/mol. The van der Waals surface area contributed by atoms with E-state index in [1.807, 2.05) is 0 Å². The zero-order chi connectivity index (χ0) is 27.5. The van der Waals surface area contributed by atoms with E-state index in [0.29, 0.717) is 53.2 Å². The highest BCUT2D eigenvalue weighted by molar-refractivity contribution is 7.22. The van der Waals surface area contributed by atoms with E-state index in [2.05, 4.69) is 25.2 Å². The summed E-state index contributed by atoms with van der Waals surface area (Å²) in [6.45, 7) is 1.46. The summed E-state index contributed by atoms with van der Waals surface area (Å²) in [4.78, 5) is 19.7. The van der Waals surface area contributed by atoms with Crippen LogP contribution in [-0.2, 0) is 6.61 Å². The maximum atomic E-state index is 16.5. The van der Waals surface area contributed by atoms with Gasteiger partial charge >= 0.3 is 6.01 Å². The Morgan fingerprint density at radius 3 is 2.65 bits per heavy atom. The summed E-state index contributed by atoms with van der Waals surface area (Å²) in [7, 11) is 0. The van der Waals surface area contributed by atoms with Gasteiger partial charge in [-0.05, 0) is 37.1 Å². The second kappa shape index (κ2) is 9.65. The third-order valence-electron chi connectivity index (χ3n) is 7.44. The van der Waals surface area contributed by atoms with Gasteiger partial charge in [-0.1, -0.05) is 22.9 Å². The summed E-state index contributed by atoms with van der Waals surface area (Å²) >= 11 is 7.73. The van der Waals surface area contributed by atoms with Crippen LogP contribution >= 0.6 is 22.9 Å². The van der Waals surface area contributed by atoms with Gasteiger partial charge < -0.3 is 26.4 Å². The van der Waals surface area contributed by atoms with E-state index < -0.39 is 11.6 Å². The summed E-state index contributed by atoms with van der Waals surface area (Å²) in [6.07, 6.45) is 5.31. The predicted octanol–water partition coefficient (Wildman–Crippen LogP) is 4.92. The van der Waals surface area contributed by atoms with Crippen LogP contribution in [0.15, 0.2) is 36.7 Å². The number of rotatable bonds is 5. The number of halogens is 3. The molecule has 3 aromatic heterocycles. The van der Waals surface area contributed by atoms with Gasteiger partial charge in [0.2, 0.25) is 0 Å². The Kier molecular flexibility index (Phi) is 6.06. The molecule has 5 heterocycles. The van der Waals surface area contributed by atoms with Crippen molar-refractivity contribution in [2.75, 3.05) is 29.5 Å². The number of nitrogens with two attached hydrogens (primary N) is 2. The van der Waals surface area contributed by atoms with Gasteiger partial charge in [-0.3, -0.25) is 4.98 Å². The van der Waals surface area contributed by atoms with Crippen LogP contribution in [0.3, 0.4) is 0 Å². The van der Waals surface area contributed by atoms with Crippen molar-refractivity contribution in [2.45, 2.75) is 31.5 Å². The largest absolute Gasteiger partial charge is 0.458 e. The average Bonchev–Trinajstić information content (AvgIpc) is 3.50. The predicted molar refractivity (Wildman–Crippen MR) is 153 cm³/mol. The van der Waals surface area contributed by atoms with Crippen molar-refractivity contribution < 1.29 is 13.5 Å². The molecule has 2 aliphatic heterocycles. The number of nitrogen functional groups attached to an aromatic ring is 2. The lowest BCUT2D eigenvalue weighted by molar-refractivity contribution is 0.282. The smallest absolute Gasteiger partial charge is 0.319 e. The first kappa shape index (κ1) is 25.1. The highest BCUT2D eigenvalue weighted by atomic mass is 35.5. The lowest BCUT2D eigenvalue weighted by atomic mass is 10.0. The molecular weight excluding hydrogens is 558 g/mol. The van der Waals surface area contributed by atoms with E-state index in [9.17, 15) is 4.39 Å². The zero-order valence-corrected chi connectivity index (χ0v) is 22.6. The number of nitrogens with one attached hydrogen (secondary N) is 1. The van der Waals surface area contributed by atoms with E-state index in [-0.39, 0.29) is 44.1 Å². The van der Waals surface area contributed by atoms with Crippen LogP contribution in [0.5, 0.6) is 6.01 Å². The highest BCUT2D eigenvalue weighted by Gasteiger charge is 2.34. The number of anilines is 3. The van der Waals surface area contributed by atoms with Gasteiger partial charge in [-0.2, -0.15) is 9.97 Å². The van der Waals surface area contributed by atoms with Crippen LogP contribution in [-0.4, -0.2) is 45.1 Å². The van der Waals surface area contributed by atoms with Crippen LogP contribution < -0.4 is 26.4 Å². The monoisotopic (exact) mass is 580 g/mol. The van der Waals surface area contributed by atoms with Crippen molar-refractivity contribution in [3.63, 3.8) is 0 Å². The number of piperazine rings is 1. The lowest BCUT2D eigenvalue weighted by Crippen LogP contribution is -2.51. The SMILES string of the molecule is Nc1nc2c(-c3c(Cl)cc4c(N5CC6CCC(C5)N6)nc(OCc5cnccc5N)nc4c3F)ccc(F)c2s1. The molecule has 2 unspecified atom stereocenters. The molecule has 7 rings (SSSR count). The first-order valence-electron chi connectivity index (χ1n) is 12.7. The lowest BCUT2D eigenvalue weighted by Gasteiger charge is -2.34. The number of thiazole rings is 1. The fourth-order valence-corrected chi connectivity index (χ4v) is 6.63. The van der Waals surface area contributed by atoms with Crippen LogP contribution in [0.1, 0.15) is 18.4 Å². The van der Waals surface area contributed by atoms with Gasteiger partial charge in [0.25, 0.3) is 0 Å². The Labute approximate surface area is 236 Å². The van der Waals surface area contributed by atoms with Crippen molar-refractivity contribution in [2.24, 2.45) is 0 Å². The number of benzene rings is 2. The maximum absolute atomic E-state index is 16.5. The molecule has 2 aromatic carbocycles. The van der Waals surface area contributed by atoms with Crippen molar-refractivity contribution in [3.8, 4) is 17.1 Å². The number of hydrogen-bond donors (Lipinski definition) is 3. The Balaban J connectivity index is 1.40. The Morgan fingerprint density at radius 1 is 1.07 bits per heavy atom. The number of fused-ring (bicyclic) bond motifs is 4. The standard InChI is InChI=1S/C27H23ClF2N8OS/c28-17-7-16-22(21(30)20(17)15-3-4-18(29)24-23(15)35-26(32)40-24)36-27(39-11-12-8-33-6-5-19(12)31)37-25(16)38-9-13-1-2-14(10-38)34-13/h3-8,13-14,34H,1-2,9-11H2,(H2,31,33)(H2,32,35). The molecular formula is C27H23ClF2N8OS. The number of hydrogen-bond acceptors (Lipinski definition) is 10. The summed E-state index contributed by atoms with van der Waals surface area (Å²) in [5.41, 5.74) is 13.7. The van der Waals surface area contributed by atoms with E-state index in [0.717, 1.165) is 24.2 Å². The second-order valence-electron chi connectivity index (χ2n) is 10.0. The summed E-state index contributed by atoms with van der Waals surface area (Å²) < 4.78 is 37.2. The van der Waals surface area contributed by atoms with Gasteiger partial charge in [0, 0.05) is 65.3 Å². The Hall–Kier alpha value is -3.87. The molecule has 0 amide bonds. The molecule has 2 bridgehead atoms. The molecule has 2 fully saturated rings.